The third-order valence-corrected chi connectivity index (χ3v) is 6.00. The topological polar surface area (TPSA) is 59.3 Å². The second kappa shape index (κ2) is 6.99. The summed E-state index contributed by atoms with van der Waals surface area (Å²) in [5, 5.41) is 8.81. The number of nitrogens with zero attached hydrogens (tertiary/aromatic N) is 3. The number of fused-ring (bicyclic) bond motifs is 4. The largest absolute Gasteiger partial charge is 0.326 e. The Kier molecular flexibility index (Phi) is 4.31. The molecular formula is C24H24N4O. The Labute approximate surface area is 169 Å². The zero-order valence-corrected chi connectivity index (χ0v) is 16.8. The van der Waals surface area contributed by atoms with Gasteiger partial charge < -0.3 is 5.32 Å². The summed E-state index contributed by atoms with van der Waals surface area (Å²) in [6.07, 6.45) is 4.55. The number of hydrogen-bond acceptors (Lipinski definition) is 3. The number of hydrogen-bond donors (Lipinski definition) is 1. The van der Waals surface area contributed by atoms with Crippen LogP contribution in [-0.4, -0.2) is 20.5 Å². The quantitative estimate of drug-likeness (QED) is 0.561. The predicted molar refractivity (Wildman–Crippen MR) is 115 cm³/mol. The number of amides is 1. The Balaban J connectivity index is 1.36. The Morgan fingerprint density at radius 1 is 1.10 bits per heavy atom. The van der Waals surface area contributed by atoms with Gasteiger partial charge in [0.1, 0.15) is 0 Å². The number of carbonyl (C=O) groups excluding carboxylic acids is 1. The maximum absolute atomic E-state index is 12.6. The van der Waals surface area contributed by atoms with Gasteiger partial charge in [-0.05, 0) is 80.5 Å². The van der Waals surface area contributed by atoms with Gasteiger partial charge in [0.15, 0.2) is 5.65 Å². The molecule has 1 aliphatic carbocycles. The minimum atomic E-state index is 0.0347. The molecule has 0 unspecified atom stereocenters. The van der Waals surface area contributed by atoms with Crippen molar-refractivity contribution < 1.29 is 4.79 Å². The first-order valence-electron chi connectivity index (χ1n) is 10.3. The maximum atomic E-state index is 12.6. The molecule has 5 rings (SSSR count). The van der Waals surface area contributed by atoms with Gasteiger partial charge in [0.2, 0.25) is 5.91 Å². The summed E-state index contributed by atoms with van der Waals surface area (Å²) in [6.45, 7) is 4.07. The SMILES string of the molecule is Cc1nc2c3ccccc3nn2c(C)c1CCC(=O)Nc1ccc2c(c1)CCC2. The molecule has 0 saturated carbocycles. The van der Waals surface area contributed by atoms with Gasteiger partial charge in [-0.25, -0.2) is 9.50 Å². The van der Waals surface area contributed by atoms with E-state index in [0.717, 1.165) is 52.0 Å². The third kappa shape index (κ3) is 3.16. The van der Waals surface area contributed by atoms with E-state index in [9.17, 15) is 4.79 Å². The van der Waals surface area contributed by atoms with Gasteiger partial charge in [0, 0.05) is 28.9 Å². The fourth-order valence-electron chi connectivity index (χ4n) is 4.45. The summed E-state index contributed by atoms with van der Waals surface area (Å²) >= 11 is 0. The summed E-state index contributed by atoms with van der Waals surface area (Å²) in [5.41, 5.74) is 8.61. The Morgan fingerprint density at radius 3 is 2.83 bits per heavy atom. The van der Waals surface area contributed by atoms with Crippen LogP contribution in [0.4, 0.5) is 5.69 Å². The molecule has 0 spiro atoms. The number of nitrogens with one attached hydrogen (secondary N) is 1. The number of aromatic nitrogens is 3. The van der Waals surface area contributed by atoms with Crippen LogP contribution in [0.1, 0.15) is 40.9 Å². The molecule has 2 aromatic carbocycles. The summed E-state index contributed by atoms with van der Waals surface area (Å²) in [6, 6.07) is 14.3. The molecule has 0 radical (unpaired) electrons. The number of anilines is 1. The summed E-state index contributed by atoms with van der Waals surface area (Å²) < 4.78 is 1.91. The number of aryl methyl sites for hydroxylation is 4. The zero-order chi connectivity index (χ0) is 20.0. The number of carbonyl (C=O) groups is 1. The van der Waals surface area contributed by atoms with Crippen molar-refractivity contribution in [2.45, 2.75) is 46.0 Å². The van der Waals surface area contributed by atoms with Gasteiger partial charge in [0.05, 0.1) is 5.52 Å². The van der Waals surface area contributed by atoms with Gasteiger partial charge in [-0.1, -0.05) is 18.2 Å². The molecule has 29 heavy (non-hydrogen) atoms. The van der Waals surface area contributed by atoms with Crippen LogP contribution >= 0.6 is 0 Å². The van der Waals surface area contributed by atoms with Gasteiger partial charge >= 0.3 is 0 Å². The van der Waals surface area contributed by atoms with Crippen molar-refractivity contribution in [1.82, 2.24) is 14.6 Å². The first kappa shape index (κ1) is 17.9. The highest BCUT2D eigenvalue weighted by molar-refractivity contribution is 5.92. The fraction of sp³-hybridized carbons (Fsp3) is 0.292. The van der Waals surface area contributed by atoms with Crippen molar-refractivity contribution >= 4 is 28.1 Å². The second-order valence-electron chi connectivity index (χ2n) is 7.90. The normalized spacial score (nSPS) is 13.2. The van der Waals surface area contributed by atoms with Crippen LogP contribution in [-0.2, 0) is 24.1 Å². The van der Waals surface area contributed by atoms with Crippen LogP contribution in [0.2, 0.25) is 0 Å². The molecule has 1 aliphatic rings. The smallest absolute Gasteiger partial charge is 0.224 e. The van der Waals surface area contributed by atoms with Crippen LogP contribution in [0.15, 0.2) is 42.5 Å². The Hall–Kier alpha value is -3.21. The lowest BCUT2D eigenvalue weighted by atomic mass is 10.1. The molecule has 1 amide bonds. The van der Waals surface area contributed by atoms with Gasteiger partial charge in [-0.2, -0.15) is 5.10 Å². The number of benzene rings is 2. The molecule has 2 heterocycles. The molecule has 146 valence electrons. The van der Waals surface area contributed by atoms with E-state index in [1.807, 2.05) is 41.8 Å². The van der Waals surface area contributed by atoms with Crippen LogP contribution in [0, 0.1) is 13.8 Å². The van der Waals surface area contributed by atoms with Gasteiger partial charge in [0.25, 0.3) is 0 Å². The van der Waals surface area contributed by atoms with Crippen molar-refractivity contribution in [3.63, 3.8) is 0 Å². The van der Waals surface area contributed by atoms with E-state index in [1.54, 1.807) is 0 Å². The van der Waals surface area contributed by atoms with Gasteiger partial charge in [-0.15, -0.1) is 0 Å². The molecule has 0 bridgehead atoms. The molecule has 2 aromatic heterocycles. The van der Waals surface area contributed by atoms with E-state index in [2.05, 4.69) is 24.4 Å². The molecular weight excluding hydrogens is 360 g/mol. The summed E-state index contributed by atoms with van der Waals surface area (Å²) in [5.74, 6) is 0.0347. The molecule has 5 nitrogen and oxygen atoms in total. The minimum absolute atomic E-state index is 0.0347. The van der Waals surface area contributed by atoms with Crippen LogP contribution in [0.25, 0.3) is 16.6 Å². The number of rotatable bonds is 4. The first-order valence-corrected chi connectivity index (χ1v) is 10.3. The Bertz CT molecular complexity index is 1250. The van der Waals surface area contributed by atoms with Crippen molar-refractivity contribution in [3.05, 3.63) is 70.5 Å². The monoisotopic (exact) mass is 384 g/mol. The molecule has 0 aliphatic heterocycles. The first-order chi connectivity index (χ1) is 14.1. The van der Waals surface area contributed by atoms with E-state index in [1.165, 1.54) is 17.5 Å². The lowest BCUT2D eigenvalue weighted by Crippen LogP contribution is -2.14. The van der Waals surface area contributed by atoms with Crippen molar-refractivity contribution in [2.24, 2.45) is 0 Å². The van der Waals surface area contributed by atoms with Crippen LogP contribution < -0.4 is 5.32 Å². The summed E-state index contributed by atoms with van der Waals surface area (Å²) in [7, 11) is 0. The van der Waals surface area contributed by atoms with Crippen LogP contribution in [0.3, 0.4) is 0 Å². The van der Waals surface area contributed by atoms with E-state index < -0.39 is 0 Å². The second-order valence-corrected chi connectivity index (χ2v) is 7.90. The Morgan fingerprint density at radius 2 is 1.93 bits per heavy atom. The average Bonchev–Trinajstić information content (AvgIpc) is 3.32. The molecule has 1 N–H and O–H groups in total. The molecule has 0 saturated heterocycles. The molecule has 4 aromatic rings. The van der Waals surface area contributed by atoms with E-state index in [4.69, 9.17) is 10.1 Å². The predicted octanol–water partition coefficient (Wildman–Crippen LogP) is 4.56. The standard InChI is InChI=1S/C24H24N4O/c1-15-20(16(2)28-24(25-15)21-8-3-4-9-22(21)27-28)12-13-23(29)26-19-11-10-17-6-5-7-18(17)14-19/h3-4,8-11,14H,5-7,12-13H2,1-2H3,(H,26,29). The highest BCUT2D eigenvalue weighted by atomic mass is 16.1. The minimum Gasteiger partial charge on any atom is -0.326 e. The van der Waals surface area contributed by atoms with Gasteiger partial charge in [-0.3, -0.25) is 4.79 Å². The lowest BCUT2D eigenvalue weighted by Gasteiger charge is -2.12. The lowest BCUT2D eigenvalue weighted by molar-refractivity contribution is -0.116. The molecule has 5 heteroatoms. The van der Waals surface area contributed by atoms with E-state index in [0.29, 0.717) is 12.8 Å². The highest BCUT2D eigenvalue weighted by Gasteiger charge is 2.16. The highest BCUT2D eigenvalue weighted by Crippen LogP contribution is 2.26. The fourth-order valence-corrected chi connectivity index (χ4v) is 4.45. The average molecular weight is 384 g/mol. The molecule has 0 fully saturated rings. The van der Waals surface area contributed by atoms with Crippen molar-refractivity contribution in [3.8, 4) is 0 Å². The van der Waals surface area contributed by atoms with Crippen LogP contribution in [0.5, 0.6) is 0 Å². The third-order valence-electron chi connectivity index (χ3n) is 6.00. The summed E-state index contributed by atoms with van der Waals surface area (Å²) in [4.78, 5) is 17.4. The maximum Gasteiger partial charge on any atom is 0.224 e. The van der Waals surface area contributed by atoms with Crippen molar-refractivity contribution in [2.75, 3.05) is 5.32 Å². The zero-order valence-electron chi connectivity index (χ0n) is 16.8. The van der Waals surface area contributed by atoms with E-state index in [-0.39, 0.29) is 5.91 Å². The molecule has 0 atom stereocenters. The van der Waals surface area contributed by atoms with Crippen molar-refractivity contribution in [1.29, 1.82) is 0 Å². The van der Waals surface area contributed by atoms with E-state index >= 15 is 0 Å².